The van der Waals surface area contributed by atoms with Gasteiger partial charge in [-0.15, -0.1) is 0 Å². The molecular formula is C10H12Br2N2O. The molecule has 0 aromatic carbocycles. The van der Waals surface area contributed by atoms with Crippen LogP contribution in [0.3, 0.4) is 0 Å². The van der Waals surface area contributed by atoms with Crippen molar-refractivity contribution < 1.29 is 4.74 Å². The van der Waals surface area contributed by atoms with Gasteiger partial charge in [0, 0.05) is 29.9 Å². The van der Waals surface area contributed by atoms with E-state index in [2.05, 4.69) is 42.2 Å². The van der Waals surface area contributed by atoms with Gasteiger partial charge in [0.2, 0.25) is 0 Å². The van der Waals surface area contributed by atoms with Crippen molar-refractivity contribution in [3.63, 3.8) is 0 Å². The van der Waals surface area contributed by atoms with Gasteiger partial charge in [-0.1, -0.05) is 0 Å². The molecule has 15 heavy (non-hydrogen) atoms. The van der Waals surface area contributed by atoms with Crippen LogP contribution in [0.2, 0.25) is 0 Å². The fourth-order valence-corrected chi connectivity index (χ4v) is 2.66. The molecule has 1 fully saturated rings. The first-order valence-electron chi connectivity index (χ1n) is 4.91. The molecule has 1 aromatic heterocycles. The van der Waals surface area contributed by atoms with Gasteiger partial charge < -0.3 is 10.1 Å². The number of hydrogen-bond acceptors (Lipinski definition) is 3. The zero-order valence-electron chi connectivity index (χ0n) is 8.17. The summed E-state index contributed by atoms with van der Waals surface area (Å²) in [6.07, 6.45) is 3.89. The van der Waals surface area contributed by atoms with Gasteiger partial charge in [-0.3, -0.25) is 0 Å². The molecule has 3 nitrogen and oxygen atoms in total. The molecule has 2 rings (SSSR count). The van der Waals surface area contributed by atoms with Crippen LogP contribution in [0.4, 0.5) is 5.82 Å². The van der Waals surface area contributed by atoms with E-state index in [0.717, 1.165) is 40.8 Å². The largest absolute Gasteiger partial charge is 0.381 e. The molecule has 1 aliphatic heterocycles. The lowest BCUT2D eigenvalue weighted by Gasteiger charge is -2.24. The third kappa shape index (κ3) is 3.16. The fraction of sp³-hybridized carbons (Fsp3) is 0.500. The quantitative estimate of drug-likeness (QED) is 0.901. The smallest absolute Gasteiger partial charge is 0.140 e. The van der Waals surface area contributed by atoms with Crippen molar-refractivity contribution in [2.24, 2.45) is 0 Å². The second-order valence-corrected chi connectivity index (χ2v) is 5.28. The molecule has 82 valence electrons. The summed E-state index contributed by atoms with van der Waals surface area (Å²) >= 11 is 6.87. The Labute approximate surface area is 106 Å². The Kier molecular flexibility index (Phi) is 3.99. The summed E-state index contributed by atoms with van der Waals surface area (Å²) in [5, 5.41) is 3.42. The van der Waals surface area contributed by atoms with Crippen LogP contribution in [0.1, 0.15) is 12.8 Å². The van der Waals surface area contributed by atoms with Crippen molar-refractivity contribution in [2.45, 2.75) is 18.9 Å². The summed E-state index contributed by atoms with van der Waals surface area (Å²) in [5.74, 6) is 0.908. The van der Waals surface area contributed by atoms with Crippen molar-refractivity contribution in [1.82, 2.24) is 4.98 Å². The minimum Gasteiger partial charge on any atom is -0.381 e. The molecule has 0 bridgehead atoms. The van der Waals surface area contributed by atoms with E-state index in [4.69, 9.17) is 4.74 Å². The van der Waals surface area contributed by atoms with E-state index >= 15 is 0 Å². The number of nitrogens with zero attached hydrogens (tertiary/aromatic N) is 1. The van der Waals surface area contributed by atoms with Gasteiger partial charge in [0.25, 0.3) is 0 Å². The molecule has 0 atom stereocenters. The summed E-state index contributed by atoms with van der Waals surface area (Å²) in [5.41, 5.74) is 0. The van der Waals surface area contributed by atoms with Crippen molar-refractivity contribution >= 4 is 37.7 Å². The SMILES string of the molecule is Brc1cnc(NC2CCOCC2)c(Br)c1. The molecule has 1 aromatic rings. The predicted octanol–water partition coefficient (Wildman–Crippen LogP) is 3.20. The molecule has 1 aliphatic rings. The van der Waals surface area contributed by atoms with Gasteiger partial charge in [-0.05, 0) is 50.8 Å². The molecular weight excluding hydrogens is 324 g/mol. The van der Waals surface area contributed by atoms with Crippen molar-refractivity contribution in [3.8, 4) is 0 Å². The topological polar surface area (TPSA) is 34.2 Å². The highest BCUT2D eigenvalue weighted by Crippen LogP contribution is 2.25. The van der Waals surface area contributed by atoms with E-state index in [-0.39, 0.29) is 0 Å². The molecule has 1 saturated heterocycles. The van der Waals surface area contributed by atoms with E-state index in [9.17, 15) is 0 Å². The Hall–Kier alpha value is -0.130. The summed E-state index contributed by atoms with van der Waals surface area (Å²) in [6.45, 7) is 1.68. The Morgan fingerprint density at radius 2 is 2.07 bits per heavy atom. The standard InChI is InChI=1S/C10H12Br2N2O/c11-7-5-9(12)10(13-6-7)14-8-1-3-15-4-2-8/h5-6,8H,1-4H2,(H,13,14). The van der Waals surface area contributed by atoms with Gasteiger partial charge in [0.1, 0.15) is 5.82 Å². The number of halogens is 2. The lowest BCUT2D eigenvalue weighted by molar-refractivity contribution is 0.0904. The Balaban J connectivity index is 2.03. The van der Waals surface area contributed by atoms with Gasteiger partial charge >= 0.3 is 0 Å². The number of aromatic nitrogens is 1. The van der Waals surface area contributed by atoms with Crippen molar-refractivity contribution in [1.29, 1.82) is 0 Å². The van der Waals surface area contributed by atoms with Crippen LogP contribution >= 0.6 is 31.9 Å². The van der Waals surface area contributed by atoms with Crippen molar-refractivity contribution in [2.75, 3.05) is 18.5 Å². The number of hydrogen-bond donors (Lipinski definition) is 1. The highest BCUT2D eigenvalue weighted by molar-refractivity contribution is 9.11. The summed E-state index contributed by atoms with van der Waals surface area (Å²) in [6, 6.07) is 2.47. The van der Waals surface area contributed by atoms with Crippen LogP contribution in [0, 0.1) is 0 Å². The molecule has 0 spiro atoms. The minimum atomic E-state index is 0.476. The van der Waals surface area contributed by atoms with E-state index in [1.807, 2.05) is 6.07 Å². The monoisotopic (exact) mass is 334 g/mol. The third-order valence-electron chi connectivity index (χ3n) is 2.37. The summed E-state index contributed by atoms with van der Waals surface area (Å²) < 4.78 is 7.27. The van der Waals surface area contributed by atoms with Crippen LogP contribution in [-0.2, 0) is 4.74 Å². The molecule has 2 heterocycles. The van der Waals surface area contributed by atoms with Crippen LogP contribution < -0.4 is 5.32 Å². The first kappa shape index (κ1) is 11.4. The first-order chi connectivity index (χ1) is 7.25. The lowest BCUT2D eigenvalue weighted by Crippen LogP contribution is -2.28. The zero-order valence-corrected chi connectivity index (χ0v) is 11.3. The Bertz CT molecular complexity index is 340. The average Bonchev–Trinajstić information content (AvgIpc) is 2.24. The number of anilines is 1. The first-order valence-corrected chi connectivity index (χ1v) is 6.49. The van der Waals surface area contributed by atoms with Crippen LogP contribution in [0.15, 0.2) is 21.2 Å². The third-order valence-corrected chi connectivity index (χ3v) is 3.41. The maximum absolute atomic E-state index is 5.31. The van der Waals surface area contributed by atoms with E-state index in [1.54, 1.807) is 6.20 Å². The maximum Gasteiger partial charge on any atom is 0.140 e. The van der Waals surface area contributed by atoms with E-state index < -0.39 is 0 Å². The maximum atomic E-state index is 5.31. The molecule has 0 radical (unpaired) electrons. The molecule has 0 aliphatic carbocycles. The Morgan fingerprint density at radius 1 is 1.33 bits per heavy atom. The molecule has 0 amide bonds. The molecule has 0 saturated carbocycles. The fourth-order valence-electron chi connectivity index (χ4n) is 1.56. The second kappa shape index (κ2) is 5.27. The average molecular weight is 336 g/mol. The minimum absolute atomic E-state index is 0.476. The predicted molar refractivity (Wildman–Crippen MR) is 67.1 cm³/mol. The summed E-state index contributed by atoms with van der Waals surface area (Å²) in [4.78, 5) is 4.33. The molecule has 5 heteroatoms. The normalized spacial score (nSPS) is 17.7. The number of rotatable bonds is 2. The van der Waals surface area contributed by atoms with Crippen molar-refractivity contribution in [3.05, 3.63) is 21.2 Å². The number of nitrogens with one attached hydrogen (secondary N) is 1. The van der Waals surface area contributed by atoms with Gasteiger partial charge in [-0.2, -0.15) is 0 Å². The molecule has 1 N–H and O–H groups in total. The van der Waals surface area contributed by atoms with Gasteiger partial charge in [-0.25, -0.2) is 4.98 Å². The van der Waals surface area contributed by atoms with E-state index in [1.165, 1.54) is 0 Å². The number of pyridine rings is 1. The van der Waals surface area contributed by atoms with E-state index in [0.29, 0.717) is 6.04 Å². The van der Waals surface area contributed by atoms with Gasteiger partial charge in [0.05, 0.1) is 4.47 Å². The Morgan fingerprint density at radius 3 is 2.73 bits per heavy atom. The number of ether oxygens (including phenoxy) is 1. The van der Waals surface area contributed by atoms with Crippen LogP contribution in [-0.4, -0.2) is 24.2 Å². The van der Waals surface area contributed by atoms with Crippen LogP contribution in [0.5, 0.6) is 0 Å². The highest BCUT2D eigenvalue weighted by atomic mass is 79.9. The second-order valence-electron chi connectivity index (χ2n) is 3.51. The van der Waals surface area contributed by atoms with Crippen LogP contribution in [0.25, 0.3) is 0 Å². The molecule has 0 unspecified atom stereocenters. The summed E-state index contributed by atoms with van der Waals surface area (Å²) in [7, 11) is 0. The lowest BCUT2D eigenvalue weighted by atomic mass is 10.1. The van der Waals surface area contributed by atoms with Gasteiger partial charge in [0.15, 0.2) is 0 Å². The zero-order chi connectivity index (χ0) is 10.7. The highest BCUT2D eigenvalue weighted by Gasteiger charge is 2.14.